The van der Waals surface area contributed by atoms with Crippen LogP contribution in [0.1, 0.15) is 6.55 Å². The van der Waals surface area contributed by atoms with E-state index < -0.39 is 11.4 Å². The van der Waals surface area contributed by atoms with Crippen LogP contribution in [0.3, 0.4) is 0 Å². The zero-order chi connectivity index (χ0) is 9.42. The van der Waals surface area contributed by atoms with E-state index in [0.29, 0.717) is 14.8 Å². The first kappa shape index (κ1) is 8.37. The number of benzene rings is 1. The first-order chi connectivity index (χ1) is 6.20. The molecule has 0 bridgehead atoms. The van der Waals surface area contributed by atoms with Gasteiger partial charge in [-0.3, -0.25) is 4.79 Å². The molecule has 0 fully saturated rings. The van der Waals surface area contributed by atoms with Crippen LogP contribution in [0, 0.1) is 0 Å². The summed E-state index contributed by atoms with van der Waals surface area (Å²) < 4.78 is 25.8. The van der Waals surface area contributed by atoms with Gasteiger partial charge >= 0.3 is 11.4 Å². The van der Waals surface area contributed by atoms with Gasteiger partial charge in [-0.05, 0) is 12.1 Å². The van der Waals surface area contributed by atoms with Crippen molar-refractivity contribution < 1.29 is 8.78 Å². The summed E-state index contributed by atoms with van der Waals surface area (Å²) in [7, 11) is 0. The molecule has 1 heterocycles. The molecule has 0 aliphatic carbocycles. The molecule has 0 amide bonds. The van der Waals surface area contributed by atoms with E-state index in [4.69, 9.17) is 0 Å². The van der Waals surface area contributed by atoms with E-state index in [1.54, 1.807) is 18.2 Å². The third-order valence-electron chi connectivity index (χ3n) is 1.71. The molecule has 5 heteroatoms. The van der Waals surface area contributed by atoms with Crippen LogP contribution in [0.15, 0.2) is 29.1 Å². The molecule has 0 unspecified atom stereocenters. The molecule has 0 saturated heterocycles. The molecule has 0 aliphatic heterocycles. The number of para-hydroxylation sites is 1. The second kappa shape index (κ2) is 2.92. The lowest BCUT2D eigenvalue weighted by atomic mass is 10.3. The van der Waals surface area contributed by atoms with Crippen LogP contribution in [-0.4, -0.2) is 4.57 Å². The summed E-state index contributed by atoms with van der Waals surface area (Å²) in [5.41, 5.74) is 0.299. The van der Waals surface area contributed by atoms with Gasteiger partial charge in [0.2, 0.25) is 0 Å². The Kier molecular flexibility index (Phi) is 1.88. The molecule has 1 aromatic carbocycles. The van der Waals surface area contributed by atoms with Crippen molar-refractivity contribution in [2.24, 2.45) is 0 Å². The standard InChI is InChI=1S/C8H5F2NOS/c9-7(10)11-5-3-1-2-4-6(5)13-8(11)12/h1-4,7H. The first-order valence-electron chi connectivity index (χ1n) is 3.58. The molecule has 68 valence electrons. The van der Waals surface area contributed by atoms with Gasteiger partial charge in [0.25, 0.3) is 0 Å². The van der Waals surface area contributed by atoms with Crippen molar-refractivity contribution in [2.75, 3.05) is 0 Å². The molecule has 13 heavy (non-hydrogen) atoms. The molecular weight excluding hydrogens is 196 g/mol. The normalized spacial score (nSPS) is 11.3. The summed E-state index contributed by atoms with van der Waals surface area (Å²) in [6.45, 7) is -2.76. The summed E-state index contributed by atoms with van der Waals surface area (Å²) >= 11 is 0.834. The summed E-state index contributed by atoms with van der Waals surface area (Å²) in [5, 5.41) is 0. The number of halogens is 2. The minimum Gasteiger partial charge on any atom is -0.256 e. The summed E-state index contributed by atoms with van der Waals surface area (Å²) in [6, 6.07) is 6.52. The third-order valence-corrected chi connectivity index (χ3v) is 2.65. The van der Waals surface area contributed by atoms with E-state index in [1.165, 1.54) is 6.07 Å². The molecule has 0 atom stereocenters. The van der Waals surface area contributed by atoms with Gasteiger partial charge in [0.1, 0.15) is 0 Å². The highest BCUT2D eigenvalue weighted by atomic mass is 32.1. The lowest BCUT2D eigenvalue weighted by molar-refractivity contribution is 0.0729. The Morgan fingerprint density at radius 2 is 2.00 bits per heavy atom. The maximum Gasteiger partial charge on any atom is 0.322 e. The molecule has 2 aromatic rings. The average Bonchev–Trinajstić information content (AvgIpc) is 2.39. The van der Waals surface area contributed by atoms with Gasteiger partial charge < -0.3 is 0 Å². The molecule has 0 radical (unpaired) electrons. The maximum absolute atomic E-state index is 12.4. The second-order valence-corrected chi connectivity index (χ2v) is 3.48. The zero-order valence-corrected chi connectivity index (χ0v) is 7.22. The topological polar surface area (TPSA) is 22.0 Å². The van der Waals surface area contributed by atoms with E-state index in [9.17, 15) is 13.6 Å². The predicted octanol–water partition coefficient (Wildman–Crippen LogP) is 2.46. The van der Waals surface area contributed by atoms with E-state index in [1.807, 2.05) is 0 Å². The zero-order valence-electron chi connectivity index (χ0n) is 6.41. The first-order valence-corrected chi connectivity index (χ1v) is 4.40. The average molecular weight is 201 g/mol. The van der Waals surface area contributed by atoms with Crippen LogP contribution in [0.2, 0.25) is 0 Å². The van der Waals surface area contributed by atoms with E-state index in [2.05, 4.69) is 0 Å². The van der Waals surface area contributed by atoms with Gasteiger partial charge in [0.05, 0.1) is 10.2 Å². The number of hydrogen-bond acceptors (Lipinski definition) is 2. The van der Waals surface area contributed by atoms with E-state index in [-0.39, 0.29) is 0 Å². The summed E-state index contributed by atoms with van der Waals surface area (Å²) in [4.78, 5) is 10.5. The van der Waals surface area contributed by atoms with Crippen molar-refractivity contribution in [1.82, 2.24) is 4.57 Å². The fourth-order valence-electron chi connectivity index (χ4n) is 1.17. The minimum atomic E-state index is -2.76. The Bertz CT molecular complexity index is 488. The number of aromatic nitrogens is 1. The molecule has 2 nitrogen and oxygen atoms in total. The van der Waals surface area contributed by atoms with Crippen LogP contribution >= 0.6 is 11.3 Å². The molecule has 0 saturated carbocycles. The van der Waals surface area contributed by atoms with E-state index >= 15 is 0 Å². The molecule has 2 rings (SSSR count). The molecule has 0 N–H and O–H groups in total. The fourth-order valence-corrected chi connectivity index (χ4v) is 2.05. The molecular formula is C8H5F2NOS. The van der Waals surface area contributed by atoms with Crippen molar-refractivity contribution in [3.8, 4) is 0 Å². The Hall–Kier alpha value is -1.23. The van der Waals surface area contributed by atoms with Gasteiger partial charge in [-0.15, -0.1) is 0 Å². The van der Waals surface area contributed by atoms with Crippen molar-refractivity contribution in [1.29, 1.82) is 0 Å². The number of alkyl halides is 2. The molecule has 0 spiro atoms. The summed E-state index contributed by atoms with van der Waals surface area (Å²) in [5.74, 6) is 0. The minimum absolute atomic E-state index is 0.299. The van der Waals surface area contributed by atoms with Gasteiger partial charge in [0.15, 0.2) is 0 Å². The SMILES string of the molecule is O=c1sc2ccccc2n1C(F)F. The van der Waals surface area contributed by atoms with E-state index in [0.717, 1.165) is 11.3 Å². The Morgan fingerprint density at radius 1 is 1.31 bits per heavy atom. The number of hydrogen-bond donors (Lipinski definition) is 0. The fraction of sp³-hybridized carbons (Fsp3) is 0.125. The largest absolute Gasteiger partial charge is 0.322 e. The number of fused-ring (bicyclic) bond motifs is 1. The van der Waals surface area contributed by atoms with Crippen molar-refractivity contribution in [2.45, 2.75) is 6.55 Å². The molecule has 1 aromatic heterocycles. The Labute approximate surface area is 76.0 Å². The smallest absolute Gasteiger partial charge is 0.256 e. The van der Waals surface area contributed by atoms with Gasteiger partial charge in [-0.2, -0.15) is 8.78 Å². The van der Waals surface area contributed by atoms with Crippen LogP contribution in [0.25, 0.3) is 10.2 Å². The number of thiazole rings is 1. The van der Waals surface area contributed by atoms with Gasteiger partial charge in [-0.25, -0.2) is 4.57 Å². The molecule has 0 aliphatic rings. The summed E-state index contributed by atoms with van der Waals surface area (Å²) in [6.07, 6.45) is 0. The monoisotopic (exact) mass is 201 g/mol. The predicted molar refractivity (Wildman–Crippen MR) is 47.3 cm³/mol. The van der Waals surface area contributed by atoms with Gasteiger partial charge in [-0.1, -0.05) is 23.5 Å². The third kappa shape index (κ3) is 1.25. The quantitative estimate of drug-likeness (QED) is 0.694. The second-order valence-electron chi connectivity index (χ2n) is 2.48. The maximum atomic E-state index is 12.4. The Morgan fingerprint density at radius 3 is 2.69 bits per heavy atom. The number of nitrogens with zero attached hydrogens (tertiary/aromatic N) is 1. The van der Waals surface area contributed by atoms with Crippen molar-refractivity contribution in [3.63, 3.8) is 0 Å². The van der Waals surface area contributed by atoms with Crippen LogP contribution < -0.4 is 4.87 Å². The number of rotatable bonds is 1. The lowest BCUT2D eigenvalue weighted by Gasteiger charge is -1.99. The Balaban J connectivity index is 2.87. The highest BCUT2D eigenvalue weighted by molar-refractivity contribution is 7.16. The highest BCUT2D eigenvalue weighted by Crippen LogP contribution is 2.21. The van der Waals surface area contributed by atoms with Crippen LogP contribution in [0.4, 0.5) is 8.78 Å². The van der Waals surface area contributed by atoms with Crippen molar-refractivity contribution >= 4 is 21.6 Å². The van der Waals surface area contributed by atoms with Crippen molar-refractivity contribution in [3.05, 3.63) is 33.9 Å². The van der Waals surface area contributed by atoms with Crippen LogP contribution in [0.5, 0.6) is 0 Å². The highest BCUT2D eigenvalue weighted by Gasteiger charge is 2.13. The van der Waals surface area contributed by atoms with Gasteiger partial charge in [0, 0.05) is 0 Å². The van der Waals surface area contributed by atoms with Crippen LogP contribution in [-0.2, 0) is 0 Å². The lowest BCUT2D eigenvalue weighted by Crippen LogP contribution is -2.12.